The van der Waals surface area contributed by atoms with Gasteiger partial charge in [-0.3, -0.25) is 13.9 Å². The predicted molar refractivity (Wildman–Crippen MR) is 68.8 cm³/mol. The van der Waals surface area contributed by atoms with Gasteiger partial charge < -0.3 is 0 Å². The van der Waals surface area contributed by atoms with Crippen molar-refractivity contribution in [3.05, 3.63) is 68.5 Å². The van der Waals surface area contributed by atoms with E-state index in [9.17, 15) is 9.59 Å². The Balaban J connectivity index is 2.08. The zero-order chi connectivity index (χ0) is 12.5. The maximum Gasteiger partial charge on any atom is 0.331 e. The first-order valence-electron chi connectivity index (χ1n) is 6.13. The highest BCUT2D eigenvalue weighted by molar-refractivity contribution is 5.16. The van der Waals surface area contributed by atoms with E-state index in [1.165, 1.54) is 4.57 Å². The van der Waals surface area contributed by atoms with Gasteiger partial charge in [0, 0.05) is 18.3 Å². The third-order valence-electron chi connectivity index (χ3n) is 3.36. The molecule has 2 aromatic rings. The van der Waals surface area contributed by atoms with Gasteiger partial charge in [-0.2, -0.15) is 0 Å². The highest BCUT2D eigenvalue weighted by Crippen LogP contribution is 2.08. The van der Waals surface area contributed by atoms with E-state index in [0.29, 0.717) is 6.54 Å². The fourth-order valence-electron chi connectivity index (χ4n) is 2.44. The van der Waals surface area contributed by atoms with Gasteiger partial charge in [0.25, 0.3) is 5.56 Å². The van der Waals surface area contributed by atoms with E-state index >= 15 is 0 Å². The molecule has 0 radical (unpaired) electrons. The van der Waals surface area contributed by atoms with Crippen LogP contribution >= 0.6 is 0 Å². The van der Waals surface area contributed by atoms with Gasteiger partial charge in [0.15, 0.2) is 0 Å². The molecule has 0 atom stereocenters. The summed E-state index contributed by atoms with van der Waals surface area (Å²) >= 11 is 0. The number of aryl methyl sites for hydroxylation is 1. The molecule has 18 heavy (non-hydrogen) atoms. The van der Waals surface area contributed by atoms with E-state index in [1.807, 2.05) is 30.3 Å². The Morgan fingerprint density at radius 2 is 1.89 bits per heavy atom. The number of aromatic nitrogens is 2. The zero-order valence-electron chi connectivity index (χ0n) is 10.0. The molecule has 0 fully saturated rings. The number of fused-ring (bicyclic) bond motifs is 1. The van der Waals surface area contributed by atoms with E-state index in [2.05, 4.69) is 0 Å². The van der Waals surface area contributed by atoms with Gasteiger partial charge in [-0.05, 0) is 18.4 Å². The number of rotatable bonds is 2. The van der Waals surface area contributed by atoms with Crippen molar-refractivity contribution in [2.45, 2.75) is 25.9 Å². The van der Waals surface area contributed by atoms with Gasteiger partial charge in [0.05, 0.1) is 6.54 Å². The Labute approximate surface area is 104 Å². The van der Waals surface area contributed by atoms with Crippen molar-refractivity contribution >= 4 is 0 Å². The SMILES string of the molecule is O=c1cc2n(c(=O)n1Cc1ccccc1)CCC2. The molecule has 4 nitrogen and oxygen atoms in total. The molecule has 1 aliphatic heterocycles. The molecule has 3 rings (SSSR count). The zero-order valence-corrected chi connectivity index (χ0v) is 10.0. The summed E-state index contributed by atoms with van der Waals surface area (Å²) in [6.45, 7) is 1.07. The maximum atomic E-state index is 12.2. The molecule has 2 heterocycles. The largest absolute Gasteiger partial charge is 0.331 e. The Morgan fingerprint density at radius 3 is 2.67 bits per heavy atom. The number of hydrogen-bond donors (Lipinski definition) is 0. The lowest BCUT2D eigenvalue weighted by molar-refractivity contribution is 0.604. The summed E-state index contributed by atoms with van der Waals surface area (Å²) in [5.41, 5.74) is 1.46. The molecule has 0 saturated carbocycles. The van der Waals surface area contributed by atoms with Crippen LogP contribution in [0.15, 0.2) is 46.0 Å². The van der Waals surface area contributed by atoms with Gasteiger partial charge >= 0.3 is 5.69 Å². The van der Waals surface area contributed by atoms with Gasteiger partial charge in [-0.1, -0.05) is 30.3 Å². The van der Waals surface area contributed by atoms with Crippen LogP contribution in [0.1, 0.15) is 17.7 Å². The van der Waals surface area contributed by atoms with E-state index in [0.717, 1.165) is 30.6 Å². The molecular weight excluding hydrogens is 228 g/mol. The second kappa shape index (κ2) is 4.29. The van der Waals surface area contributed by atoms with E-state index < -0.39 is 0 Å². The quantitative estimate of drug-likeness (QED) is 0.788. The lowest BCUT2D eigenvalue weighted by Gasteiger charge is -2.08. The Hall–Kier alpha value is -2.10. The van der Waals surface area contributed by atoms with Crippen LogP contribution in [0.2, 0.25) is 0 Å². The van der Waals surface area contributed by atoms with E-state index in [1.54, 1.807) is 10.6 Å². The van der Waals surface area contributed by atoms with Gasteiger partial charge in [0.1, 0.15) is 0 Å². The van der Waals surface area contributed by atoms with Crippen molar-refractivity contribution in [2.75, 3.05) is 0 Å². The molecule has 0 saturated heterocycles. The fourth-order valence-corrected chi connectivity index (χ4v) is 2.44. The van der Waals surface area contributed by atoms with E-state index in [4.69, 9.17) is 0 Å². The van der Waals surface area contributed by atoms with Crippen molar-refractivity contribution in [2.24, 2.45) is 0 Å². The van der Waals surface area contributed by atoms with Crippen LogP contribution in [-0.4, -0.2) is 9.13 Å². The molecule has 1 aromatic heterocycles. The smallest absolute Gasteiger partial charge is 0.298 e. The normalized spacial score (nSPS) is 13.6. The molecule has 0 unspecified atom stereocenters. The Kier molecular flexibility index (Phi) is 2.63. The van der Waals surface area contributed by atoms with Crippen LogP contribution in [0, 0.1) is 0 Å². The maximum absolute atomic E-state index is 12.2. The van der Waals surface area contributed by atoms with Crippen LogP contribution in [0.25, 0.3) is 0 Å². The summed E-state index contributed by atoms with van der Waals surface area (Å²) in [5, 5.41) is 0. The lowest BCUT2D eigenvalue weighted by atomic mass is 10.2. The van der Waals surface area contributed by atoms with Gasteiger partial charge in [0.2, 0.25) is 0 Å². The molecule has 4 heteroatoms. The highest BCUT2D eigenvalue weighted by atomic mass is 16.2. The average molecular weight is 242 g/mol. The average Bonchev–Trinajstić information content (AvgIpc) is 2.84. The van der Waals surface area contributed by atoms with Crippen molar-refractivity contribution in [1.82, 2.24) is 9.13 Å². The Bertz CT molecular complexity index is 683. The van der Waals surface area contributed by atoms with Crippen molar-refractivity contribution in [3.63, 3.8) is 0 Å². The summed E-state index contributed by atoms with van der Waals surface area (Å²) in [6, 6.07) is 11.2. The van der Waals surface area contributed by atoms with Gasteiger partial charge in [-0.25, -0.2) is 4.79 Å². The summed E-state index contributed by atoms with van der Waals surface area (Å²) in [6.07, 6.45) is 1.78. The molecule has 0 spiro atoms. The van der Waals surface area contributed by atoms with Crippen LogP contribution < -0.4 is 11.2 Å². The second-order valence-electron chi connectivity index (χ2n) is 4.58. The summed E-state index contributed by atoms with van der Waals surface area (Å²) in [7, 11) is 0. The van der Waals surface area contributed by atoms with Crippen molar-refractivity contribution in [3.8, 4) is 0 Å². The summed E-state index contributed by atoms with van der Waals surface area (Å²) < 4.78 is 3.02. The monoisotopic (exact) mass is 242 g/mol. The highest BCUT2D eigenvalue weighted by Gasteiger charge is 2.15. The molecule has 1 aliphatic rings. The number of nitrogens with zero attached hydrogens (tertiary/aromatic N) is 2. The van der Waals surface area contributed by atoms with Crippen LogP contribution in [0.5, 0.6) is 0 Å². The third-order valence-corrected chi connectivity index (χ3v) is 3.36. The number of hydrogen-bond acceptors (Lipinski definition) is 2. The topological polar surface area (TPSA) is 44.0 Å². The second-order valence-corrected chi connectivity index (χ2v) is 4.58. The standard InChI is InChI=1S/C14H14N2O2/c17-13-9-12-7-4-8-15(12)14(18)16(13)10-11-5-2-1-3-6-11/h1-3,5-6,9H,4,7-8,10H2. The molecule has 0 bridgehead atoms. The van der Waals surface area contributed by atoms with Gasteiger partial charge in [-0.15, -0.1) is 0 Å². The minimum atomic E-state index is -0.197. The van der Waals surface area contributed by atoms with Crippen molar-refractivity contribution < 1.29 is 0 Å². The third kappa shape index (κ3) is 1.79. The first-order valence-corrected chi connectivity index (χ1v) is 6.13. The van der Waals surface area contributed by atoms with E-state index in [-0.39, 0.29) is 11.2 Å². The van der Waals surface area contributed by atoms with Crippen LogP contribution in [0.4, 0.5) is 0 Å². The van der Waals surface area contributed by atoms with Crippen LogP contribution in [-0.2, 0) is 19.5 Å². The Morgan fingerprint density at radius 1 is 1.11 bits per heavy atom. The molecular formula is C14H14N2O2. The predicted octanol–water partition coefficient (Wildman–Crippen LogP) is 1.00. The fraction of sp³-hybridized carbons (Fsp3) is 0.286. The molecule has 0 amide bonds. The number of benzene rings is 1. The van der Waals surface area contributed by atoms with Crippen LogP contribution in [0.3, 0.4) is 0 Å². The minimum absolute atomic E-state index is 0.182. The molecule has 0 N–H and O–H groups in total. The minimum Gasteiger partial charge on any atom is -0.298 e. The molecule has 1 aromatic carbocycles. The first-order chi connectivity index (χ1) is 8.75. The summed E-state index contributed by atoms with van der Waals surface area (Å²) in [4.78, 5) is 24.2. The molecule has 92 valence electrons. The molecule has 0 aliphatic carbocycles. The summed E-state index contributed by atoms with van der Waals surface area (Å²) in [5.74, 6) is 0. The first kappa shape index (κ1) is 11.0. The lowest BCUT2D eigenvalue weighted by Crippen LogP contribution is -2.39. The van der Waals surface area contributed by atoms with Crippen molar-refractivity contribution in [1.29, 1.82) is 0 Å².